The lowest BCUT2D eigenvalue weighted by Gasteiger charge is -2.42. The molecular formula is C23H26ClFN4O3S. The van der Waals surface area contributed by atoms with Crippen LogP contribution in [0.15, 0.2) is 34.3 Å². The molecule has 2 aliphatic heterocycles. The number of hydrogen-bond donors (Lipinski definition) is 1. The van der Waals surface area contributed by atoms with Crippen LogP contribution < -0.4 is 10.3 Å². The third-order valence-corrected chi connectivity index (χ3v) is 8.75. The fourth-order valence-electron chi connectivity index (χ4n) is 4.82. The molecule has 4 rings (SSSR count). The number of benzene rings is 2. The van der Waals surface area contributed by atoms with Gasteiger partial charge in [0.25, 0.3) is 0 Å². The van der Waals surface area contributed by atoms with Gasteiger partial charge in [0.15, 0.2) is 0 Å². The van der Waals surface area contributed by atoms with E-state index in [1.807, 2.05) is 13.8 Å². The number of sulfonamides is 1. The van der Waals surface area contributed by atoms with Crippen molar-refractivity contribution < 1.29 is 17.6 Å². The molecule has 0 saturated heterocycles. The Balaban J connectivity index is 1.91. The molecule has 0 spiro atoms. The maximum atomic E-state index is 15.1. The number of carbonyl (C=O) groups excluding carboxylic acids is 1. The molecule has 0 saturated carbocycles. The van der Waals surface area contributed by atoms with Gasteiger partial charge in [-0.2, -0.15) is 9.41 Å². The smallest absolute Gasteiger partial charge is 0.247 e. The van der Waals surface area contributed by atoms with Crippen LogP contribution in [0.1, 0.15) is 41.5 Å². The Kier molecular flexibility index (Phi) is 6.01. The van der Waals surface area contributed by atoms with Crippen molar-refractivity contribution in [3.63, 3.8) is 0 Å². The highest BCUT2D eigenvalue weighted by Gasteiger charge is 2.45. The standard InChI is InChI=1S/C23H26ClFN4O3S/c1-12-6-7-17(25)21(14(12)3)15(4)22(18-10-20(30)27-26-18)29-11-28(5)19-9-16(24)8-13(2)23(19)33(29,31)32/h6-9,15,22H,10-11H2,1-5H3,(H,27,30)/t15-,22?/m1/s1. The van der Waals surface area contributed by atoms with Crippen LogP contribution in [0.4, 0.5) is 10.1 Å². The molecule has 2 heterocycles. The second-order valence-electron chi connectivity index (χ2n) is 8.75. The van der Waals surface area contributed by atoms with Gasteiger partial charge < -0.3 is 4.90 Å². The Morgan fingerprint density at radius 2 is 1.88 bits per heavy atom. The van der Waals surface area contributed by atoms with E-state index in [2.05, 4.69) is 10.5 Å². The van der Waals surface area contributed by atoms with E-state index in [0.717, 1.165) is 11.1 Å². The lowest BCUT2D eigenvalue weighted by molar-refractivity contribution is -0.119. The average Bonchev–Trinajstić information content (AvgIpc) is 3.14. The van der Waals surface area contributed by atoms with Gasteiger partial charge in [-0.1, -0.05) is 24.6 Å². The van der Waals surface area contributed by atoms with E-state index in [9.17, 15) is 13.2 Å². The predicted molar refractivity (Wildman–Crippen MR) is 127 cm³/mol. The Morgan fingerprint density at radius 3 is 2.52 bits per heavy atom. The molecule has 2 atom stereocenters. The number of nitrogens with zero attached hydrogens (tertiary/aromatic N) is 3. The van der Waals surface area contributed by atoms with Crippen molar-refractivity contribution in [2.75, 3.05) is 18.6 Å². The van der Waals surface area contributed by atoms with Crippen molar-refractivity contribution in [1.82, 2.24) is 9.73 Å². The van der Waals surface area contributed by atoms with Gasteiger partial charge in [0.05, 0.1) is 30.5 Å². The van der Waals surface area contributed by atoms with Crippen molar-refractivity contribution in [3.05, 3.63) is 57.4 Å². The first-order valence-corrected chi connectivity index (χ1v) is 12.4. The number of halogens is 2. The van der Waals surface area contributed by atoms with Gasteiger partial charge in [-0.3, -0.25) is 4.79 Å². The molecule has 7 nitrogen and oxygen atoms in total. The summed E-state index contributed by atoms with van der Waals surface area (Å²) < 4.78 is 44.3. The molecule has 33 heavy (non-hydrogen) atoms. The summed E-state index contributed by atoms with van der Waals surface area (Å²) in [6.45, 7) is 7.18. The summed E-state index contributed by atoms with van der Waals surface area (Å²) in [5.41, 5.74) is 5.85. The summed E-state index contributed by atoms with van der Waals surface area (Å²) in [6.07, 6.45) is -0.0519. The second kappa shape index (κ2) is 8.38. The average molecular weight is 493 g/mol. The van der Waals surface area contributed by atoms with Crippen LogP contribution in [0.5, 0.6) is 0 Å². The van der Waals surface area contributed by atoms with E-state index < -0.39 is 27.8 Å². The van der Waals surface area contributed by atoms with Gasteiger partial charge in [-0.05, 0) is 61.2 Å². The number of carbonyl (C=O) groups is 1. The molecule has 1 amide bonds. The predicted octanol–water partition coefficient (Wildman–Crippen LogP) is 3.85. The van der Waals surface area contributed by atoms with Crippen LogP contribution in [0.25, 0.3) is 0 Å². The molecule has 2 aliphatic rings. The van der Waals surface area contributed by atoms with E-state index in [0.29, 0.717) is 27.5 Å². The number of anilines is 1. The van der Waals surface area contributed by atoms with Gasteiger partial charge in [-0.15, -0.1) is 0 Å². The molecule has 2 aromatic rings. The SMILES string of the molecule is Cc1ccc(F)c([C@@H](C)C(C2=NNC(=O)C2)N2CN(C)c3cc(Cl)cc(C)c3S2(=O)=O)c1C. The summed E-state index contributed by atoms with van der Waals surface area (Å²) in [5, 5.41) is 4.60. The fourth-order valence-corrected chi connectivity index (χ4v) is 7.20. The van der Waals surface area contributed by atoms with Gasteiger partial charge in [0.2, 0.25) is 15.9 Å². The minimum atomic E-state index is -4.02. The van der Waals surface area contributed by atoms with E-state index in [4.69, 9.17) is 11.6 Å². The van der Waals surface area contributed by atoms with Crippen molar-refractivity contribution in [2.24, 2.45) is 5.10 Å². The van der Waals surface area contributed by atoms with Gasteiger partial charge in [-0.25, -0.2) is 18.2 Å². The zero-order chi connectivity index (χ0) is 24.2. The molecule has 0 aromatic heterocycles. The number of nitrogens with one attached hydrogen (secondary N) is 1. The number of rotatable bonds is 4. The molecule has 0 radical (unpaired) electrons. The summed E-state index contributed by atoms with van der Waals surface area (Å²) in [6, 6.07) is 5.46. The molecule has 0 bridgehead atoms. The normalized spacial score (nSPS) is 19.7. The lowest BCUT2D eigenvalue weighted by Crippen LogP contribution is -2.54. The highest BCUT2D eigenvalue weighted by molar-refractivity contribution is 7.89. The van der Waals surface area contributed by atoms with E-state index >= 15 is 4.39 Å². The fraction of sp³-hybridized carbons (Fsp3) is 0.391. The van der Waals surface area contributed by atoms with E-state index in [1.54, 1.807) is 44.0 Å². The quantitative estimate of drug-likeness (QED) is 0.702. The number of hydrazone groups is 1. The van der Waals surface area contributed by atoms with Crippen LogP contribution in [-0.4, -0.2) is 44.1 Å². The van der Waals surface area contributed by atoms with Crippen molar-refractivity contribution in [2.45, 2.75) is 51.0 Å². The first-order chi connectivity index (χ1) is 15.4. The van der Waals surface area contributed by atoms with Crippen LogP contribution in [0.2, 0.25) is 5.02 Å². The van der Waals surface area contributed by atoms with Crippen LogP contribution >= 0.6 is 11.6 Å². The maximum Gasteiger partial charge on any atom is 0.247 e. The molecule has 10 heteroatoms. The highest BCUT2D eigenvalue weighted by atomic mass is 35.5. The maximum absolute atomic E-state index is 15.1. The molecule has 0 fully saturated rings. The van der Waals surface area contributed by atoms with Crippen LogP contribution in [0.3, 0.4) is 0 Å². The Hall–Kier alpha value is -2.49. The number of hydrogen-bond acceptors (Lipinski definition) is 5. The third-order valence-electron chi connectivity index (χ3n) is 6.53. The summed E-state index contributed by atoms with van der Waals surface area (Å²) in [5.74, 6) is -1.34. The molecule has 0 aliphatic carbocycles. The van der Waals surface area contributed by atoms with Crippen LogP contribution in [0, 0.1) is 26.6 Å². The largest absolute Gasteiger partial charge is 0.359 e. The molecule has 1 unspecified atom stereocenters. The zero-order valence-electron chi connectivity index (χ0n) is 19.1. The number of aryl methyl sites for hydroxylation is 2. The third kappa shape index (κ3) is 3.92. The Bertz CT molecular complexity index is 1300. The van der Waals surface area contributed by atoms with E-state index in [-0.39, 0.29) is 23.9 Å². The number of fused-ring (bicyclic) bond motifs is 1. The molecular weight excluding hydrogens is 467 g/mol. The summed E-state index contributed by atoms with van der Waals surface area (Å²) >= 11 is 6.20. The molecule has 2 aromatic carbocycles. The highest BCUT2D eigenvalue weighted by Crippen LogP contribution is 2.41. The summed E-state index contributed by atoms with van der Waals surface area (Å²) in [4.78, 5) is 14.0. The van der Waals surface area contributed by atoms with Crippen molar-refractivity contribution >= 4 is 38.9 Å². The van der Waals surface area contributed by atoms with Gasteiger partial charge in [0.1, 0.15) is 10.7 Å². The minimum Gasteiger partial charge on any atom is -0.359 e. The number of amides is 1. The minimum absolute atomic E-state index is 0.00378. The topological polar surface area (TPSA) is 82.1 Å². The van der Waals surface area contributed by atoms with Crippen LogP contribution in [-0.2, 0) is 14.8 Å². The summed E-state index contributed by atoms with van der Waals surface area (Å²) in [7, 11) is -2.24. The van der Waals surface area contributed by atoms with Gasteiger partial charge in [0, 0.05) is 18.0 Å². The molecule has 176 valence electrons. The first-order valence-electron chi connectivity index (χ1n) is 10.6. The Labute approximate surface area is 198 Å². The monoisotopic (exact) mass is 492 g/mol. The van der Waals surface area contributed by atoms with Gasteiger partial charge >= 0.3 is 0 Å². The lowest BCUT2D eigenvalue weighted by atomic mass is 9.85. The first kappa shape index (κ1) is 23.7. The molecule has 1 N–H and O–H groups in total. The van der Waals surface area contributed by atoms with Crippen molar-refractivity contribution in [1.29, 1.82) is 0 Å². The van der Waals surface area contributed by atoms with E-state index in [1.165, 1.54) is 10.4 Å². The van der Waals surface area contributed by atoms with Crippen molar-refractivity contribution in [3.8, 4) is 0 Å². The Morgan fingerprint density at radius 1 is 1.18 bits per heavy atom. The second-order valence-corrected chi connectivity index (χ2v) is 11.0. The zero-order valence-corrected chi connectivity index (χ0v) is 20.7.